The van der Waals surface area contributed by atoms with Crippen LogP contribution in [0.4, 0.5) is 0 Å². The average Bonchev–Trinajstić information content (AvgIpc) is 3.71. The maximum atomic E-state index is 14.0. The van der Waals surface area contributed by atoms with Crippen molar-refractivity contribution in [1.82, 2.24) is 35.2 Å². The van der Waals surface area contributed by atoms with Crippen molar-refractivity contribution in [2.24, 2.45) is 0 Å². The summed E-state index contributed by atoms with van der Waals surface area (Å²) in [7, 11) is 0. The monoisotopic (exact) mass is 575 g/mol. The molecular formula is C31H38ClN7O2. The Morgan fingerprint density at radius 3 is 2.46 bits per heavy atom. The molecule has 2 fully saturated rings. The summed E-state index contributed by atoms with van der Waals surface area (Å²) < 4.78 is 1.94. The van der Waals surface area contributed by atoms with Crippen molar-refractivity contribution in [2.45, 2.75) is 69.2 Å². The van der Waals surface area contributed by atoms with Gasteiger partial charge in [0.2, 0.25) is 11.8 Å². The van der Waals surface area contributed by atoms with Gasteiger partial charge in [0, 0.05) is 49.7 Å². The first-order valence-electron chi connectivity index (χ1n) is 14.7. The maximum absolute atomic E-state index is 14.0. The summed E-state index contributed by atoms with van der Waals surface area (Å²) in [4.78, 5) is 36.1. The van der Waals surface area contributed by atoms with Crippen molar-refractivity contribution in [3.8, 4) is 0 Å². The van der Waals surface area contributed by atoms with Gasteiger partial charge in [-0.1, -0.05) is 60.8 Å². The molecule has 2 aliphatic heterocycles. The molecule has 2 aromatic carbocycles. The van der Waals surface area contributed by atoms with Gasteiger partial charge in [0.05, 0.1) is 12.6 Å². The molecule has 1 saturated carbocycles. The molecule has 216 valence electrons. The highest BCUT2D eigenvalue weighted by Gasteiger charge is 2.42. The van der Waals surface area contributed by atoms with Crippen molar-refractivity contribution in [3.63, 3.8) is 0 Å². The molecule has 3 aliphatic rings. The zero-order valence-electron chi connectivity index (χ0n) is 23.3. The van der Waals surface area contributed by atoms with Gasteiger partial charge in [0.1, 0.15) is 18.7 Å². The standard InChI is InChI=1S/C31H38ClN7O2/c32-26-9-7-23(8-10-26)17-28(36-29(40)27-18-24-5-1-2-6-25(24)19-34-27)30(41)37-13-15-38(16-14-37)31(11-3-4-12-31)20-39-22-33-21-35-39/h1-2,5-10,21-22,27-28,34H,3-4,11-20H2,(H,36,40)/t27-,28-/m1/s1. The minimum atomic E-state index is -0.648. The highest BCUT2D eigenvalue weighted by molar-refractivity contribution is 6.30. The van der Waals surface area contributed by atoms with Crippen LogP contribution in [0.1, 0.15) is 42.4 Å². The van der Waals surface area contributed by atoms with Crippen molar-refractivity contribution in [1.29, 1.82) is 0 Å². The fourth-order valence-corrected chi connectivity index (χ4v) is 6.94. The Hall–Kier alpha value is -3.27. The van der Waals surface area contributed by atoms with Crippen LogP contribution in [-0.4, -0.2) is 80.2 Å². The maximum Gasteiger partial charge on any atom is 0.245 e. The topological polar surface area (TPSA) is 95.4 Å². The number of amides is 2. The third-order valence-electron chi connectivity index (χ3n) is 9.08. The lowest BCUT2D eigenvalue weighted by Gasteiger charge is -2.46. The number of rotatable bonds is 8. The van der Waals surface area contributed by atoms with E-state index in [2.05, 4.69) is 37.7 Å². The molecule has 1 aromatic heterocycles. The first-order chi connectivity index (χ1) is 20.0. The highest BCUT2D eigenvalue weighted by atomic mass is 35.5. The SMILES string of the molecule is O=C(N[C@H](Cc1ccc(Cl)cc1)C(=O)N1CCN(C2(Cn3cncn3)CCCC2)CC1)[C@H]1Cc2ccccc2CN1. The Morgan fingerprint density at radius 1 is 1.02 bits per heavy atom. The Morgan fingerprint density at radius 2 is 1.76 bits per heavy atom. The fraction of sp³-hybridized carbons (Fsp3) is 0.484. The van der Waals surface area contributed by atoms with E-state index in [-0.39, 0.29) is 23.4 Å². The van der Waals surface area contributed by atoms with Crippen molar-refractivity contribution in [3.05, 3.63) is 82.9 Å². The molecule has 2 amide bonds. The Labute approximate surface area is 246 Å². The van der Waals surface area contributed by atoms with E-state index in [0.717, 1.165) is 38.0 Å². The summed E-state index contributed by atoms with van der Waals surface area (Å²) in [5.74, 6) is -0.163. The second kappa shape index (κ2) is 12.3. The summed E-state index contributed by atoms with van der Waals surface area (Å²) in [5, 5.41) is 11.5. The predicted octanol–water partition coefficient (Wildman–Crippen LogP) is 2.83. The smallest absolute Gasteiger partial charge is 0.245 e. The molecule has 41 heavy (non-hydrogen) atoms. The second-order valence-electron chi connectivity index (χ2n) is 11.6. The molecule has 2 atom stereocenters. The number of hydrogen-bond donors (Lipinski definition) is 2. The fourth-order valence-electron chi connectivity index (χ4n) is 6.81. The minimum absolute atomic E-state index is 0.0269. The van der Waals surface area contributed by atoms with Crippen LogP contribution in [0.3, 0.4) is 0 Å². The predicted molar refractivity (Wildman–Crippen MR) is 157 cm³/mol. The van der Waals surface area contributed by atoms with Gasteiger partial charge >= 0.3 is 0 Å². The molecule has 1 aliphatic carbocycles. The molecule has 3 aromatic rings. The number of piperazine rings is 1. The summed E-state index contributed by atoms with van der Waals surface area (Å²) in [6.07, 6.45) is 9.10. The minimum Gasteiger partial charge on any atom is -0.343 e. The third kappa shape index (κ3) is 6.32. The lowest BCUT2D eigenvalue weighted by Crippen LogP contribution is -2.61. The zero-order valence-corrected chi connectivity index (χ0v) is 24.1. The van der Waals surface area contributed by atoms with E-state index >= 15 is 0 Å². The van der Waals surface area contributed by atoms with Gasteiger partial charge in [-0.2, -0.15) is 5.10 Å². The molecule has 6 rings (SSSR count). The number of carbonyl (C=O) groups is 2. The van der Waals surface area contributed by atoms with Gasteiger partial charge in [0.25, 0.3) is 0 Å². The molecule has 9 nitrogen and oxygen atoms in total. The summed E-state index contributed by atoms with van der Waals surface area (Å²) in [6, 6.07) is 14.7. The van der Waals surface area contributed by atoms with Crippen molar-refractivity contribution in [2.75, 3.05) is 26.2 Å². The number of aromatic nitrogens is 3. The van der Waals surface area contributed by atoms with Gasteiger partial charge in [-0.15, -0.1) is 0 Å². The number of nitrogens with zero attached hydrogens (tertiary/aromatic N) is 5. The van der Waals surface area contributed by atoms with E-state index in [1.165, 1.54) is 24.0 Å². The van der Waals surface area contributed by atoms with Crippen molar-refractivity contribution >= 4 is 23.4 Å². The molecule has 0 spiro atoms. The van der Waals surface area contributed by atoms with Gasteiger partial charge in [-0.05, 0) is 48.1 Å². The summed E-state index contributed by atoms with van der Waals surface area (Å²) in [5.41, 5.74) is 3.41. The Balaban J connectivity index is 1.13. The van der Waals surface area contributed by atoms with E-state index in [9.17, 15) is 9.59 Å². The van der Waals surface area contributed by atoms with Crippen LogP contribution in [-0.2, 0) is 35.5 Å². The van der Waals surface area contributed by atoms with Gasteiger partial charge in [-0.3, -0.25) is 19.2 Å². The molecule has 0 bridgehead atoms. The lowest BCUT2D eigenvalue weighted by molar-refractivity contribution is -0.139. The second-order valence-corrected chi connectivity index (χ2v) is 12.1. The molecule has 10 heteroatoms. The lowest BCUT2D eigenvalue weighted by atomic mass is 9.93. The number of fused-ring (bicyclic) bond motifs is 1. The van der Waals surface area contributed by atoms with Crippen LogP contribution in [0.25, 0.3) is 0 Å². The molecule has 0 radical (unpaired) electrons. The molecule has 2 N–H and O–H groups in total. The van der Waals surface area contributed by atoms with E-state index in [4.69, 9.17) is 11.6 Å². The normalized spacial score (nSPS) is 21.3. The zero-order chi connectivity index (χ0) is 28.2. The van der Waals surface area contributed by atoms with Gasteiger partial charge in [-0.25, -0.2) is 4.98 Å². The average molecular weight is 576 g/mol. The first kappa shape index (κ1) is 27.9. The van der Waals surface area contributed by atoms with E-state index in [0.29, 0.717) is 37.5 Å². The quantitative estimate of drug-likeness (QED) is 0.429. The Kier molecular flexibility index (Phi) is 8.37. The first-order valence-corrected chi connectivity index (χ1v) is 15.1. The number of halogens is 1. The number of benzene rings is 2. The molecule has 3 heterocycles. The van der Waals surface area contributed by atoms with Gasteiger partial charge in [0.15, 0.2) is 0 Å². The highest BCUT2D eigenvalue weighted by Crippen LogP contribution is 2.37. The molecule has 1 saturated heterocycles. The van der Waals surface area contributed by atoms with Crippen LogP contribution in [0.15, 0.2) is 61.2 Å². The van der Waals surface area contributed by atoms with E-state index < -0.39 is 6.04 Å². The number of carbonyl (C=O) groups excluding carboxylic acids is 2. The van der Waals surface area contributed by atoms with Crippen LogP contribution in [0.2, 0.25) is 5.02 Å². The van der Waals surface area contributed by atoms with E-state index in [1.54, 1.807) is 12.7 Å². The molecule has 0 unspecified atom stereocenters. The van der Waals surface area contributed by atoms with Crippen LogP contribution >= 0.6 is 11.6 Å². The largest absolute Gasteiger partial charge is 0.343 e. The van der Waals surface area contributed by atoms with Crippen LogP contribution in [0.5, 0.6) is 0 Å². The van der Waals surface area contributed by atoms with Gasteiger partial charge < -0.3 is 15.5 Å². The molecular weight excluding hydrogens is 538 g/mol. The third-order valence-corrected chi connectivity index (χ3v) is 9.34. The number of hydrogen-bond acceptors (Lipinski definition) is 6. The summed E-state index contributed by atoms with van der Waals surface area (Å²) >= 11 is 6.12. The van der Waals surface area contributed by atoms with E-state index in [1.807, 2.05) is 46.0 Å². The Bertz CT molecular complexity index is 1330. The van der Waals surface area contributed by atoms with Crippen molar-refractivity contribution < 1.29 is 9.59 Å². The summed E-state index contributed by atoms with van der Waals surface area (Å²) in [6.45, 7) is 4.36. The number of nitrogens with one attached hydrogen (secondary N) is 2. The van der Waals surface area contributed by atoms with Crippen LogP contribution in [0, 0.1) is 0 Å². The van der Waals surface area contributed by atoms with Crippen LogP contribution < -0.4 is 10.6 Å².